The van der Waals surface area contributed by atoms with Crippen LogP contribution in [0.25, 0.3) is 0 Å². The predicted octanol–water partition coefficient (Wildman–Crippen LogP) is 2.69. The second-order valence-corrected chi connectivity index (χ2v) is 5.86. The summed E-state index contributed by atoms with van der Waals surface area (Å²) in [6.07, 6.45) is 1.91. The van der Waals surface area contributed by atoms with Crippen molar-refractivity contribution in [3.8, 4) is 0 Å². The molecule has 0 unspecified atom stereocenters. The second kappa shape index (κ2) is 8.56. The molecule has 1 aliphatic heterocycles. The minimum atomic E-state index is -0.878. The molecular formula is C14H19ClF2N2OS. The van der Waals surface area contributed by atoms with E-state index in [1.54, 1.807) is 0 Å². The molecule has 1 heterocycles. The number of nitrogens with one attached hydrogen (secondary N) is 1. The lowest BCUT2D eigenvalue weighted by atomic mass is 10.1. The van der Waals surface area contributed by atoms with Crippen molar-refractivity contribution in [2.75, 3.05) is 25.9 Å². The number of carbonyl (C=O) groups is 1. The number of nitrogens with zero attached hydrogens (tertiary/aromatic N) is 1. The third-order valence-corrected chi connectivity index (χ3v) is 4.49. The number of piperidine rings is 1. The average molecular weight is 337 g/mol. The first-order valence-corrected chi connectivity index (χ1v) is 7.61. The van der Waals surface area contributed by atoms with E-state index in [4.69, 9.17) is 0 Å². The molecule has 118 valence electrons. The predicted molar refractivity (Wildman–Crippen MR) is 83.0 cm³/mol. The molecule has 7 heteroatoms. The normalized spacial score (nSPS) is 15.7. The maximum Gasteiger partial charge on any atom is 0.232 e. The fourth-order valence-corrected chi connectivity index (χ4v) is 3.04. The summed E-state index contributed by atoms with van der Waals surface area (Å²) >= 11 is 1.24. The van der Waals surface area contributed by atoms with Crippen LogP contribution in [-0.4, -0.2) is 42.7 Å². The van der Waals surface area contributed by atoms with Gasteiger partial charge < -0.3 is 10.2 Å². The first kappa shape index (κ1) is 18.2. The van der Waals surface area contributed by atoms with Gasteiger partial charge in [0.15, 0.2) is 11.6 Å². The molecule has 0 aliphatic carbocycles. The van der Waals surface area contributed by atoms with Crippen LogP contribution >= 0.6 is 24.2 Å². The largest absolute Gasteiger partial charge is 0.342 e. The quantitative estimate of drug-likeness (QED) is 0.858. The first-order valence-electron chi connectivity index (χ1n) is 6.63. The van der Waals surface area contributed by atoms with Gasteiger partial charge >= 0.3 is 0 Å². The van der Waals surface area contributed by atoms with Gasteiger partial charge in [-0.05, 0) is 38.1 Å². The molecule has 2 rings (SSSR count). The van der Waals surface area contributed by atoms with Gasteiger partial charge in [-0.2, -0.15) is 0 Å². The van der Waals surface area contributed by atoms with E-state index in [9.17, 15) is 13.6 Å². The molecule has 21 heavy (non-hydrogen) atoms. The molecule has 1 N–H and O–H groups in total. The molecule has 0 atom stereocenters. The van der Waals surface area contributed by atoms with Gasteiger partial charge in [-0.25, -0.2) is 8.78 Å². The highest BCUT2D eigenvalue weighted by atomic mass is 35.5. The van der Waals surface area contributed by atoms with Crippen LogP contribution in [0, 0.1) is 11.6 Å². The van der Waals surface area contributed by atoms with Crippen molar-refractivity contribution in [2.24, 2.45) is 0 Å². The van der Waals surface area contributed by atoms with Crippen molar-refractivity contribution in [1.82, 2.24) is 10.2 Å². The van der Waals surface area contributed by atoms with Crippen molar-refractivity contribution >= 4 is 30.1 Å². The van der Waals surface area contributed by atoms with E-state index in [2.05, 4.69) is 5.32 Å². The van der Waals surface area contributed by atoms with E-state index in [1.807, 2.05) is 11.9 Å². The maximum atomic E-state index is 13.0. The van der Waals surface area contributed by atoms with Crippen molar-refractivity contribution in [3.05, 3.63) is 29.8 Å². The van der Waals surface area contributed by atoms with Crippen LogP contribution in [0.4, 0.5) is 8.78 Å². The molecule has 1 aliphatic rings. The van der Waals surface area contributed by atoms with E-state index < -0.39 is 11.6 Å². The second-order valence-electron chi connectivity index (χ2n) is 4.81. The molecule has 0 aromatic heterocycles. The van der Waals surface area contributed by atoms with Crippen molar-refractivity contribution in [1.29, 1.82) is 0 Å². The number of amides is 1. The Bertz CT molecular complexity index is 482. The Morgan fingerprint density at radius 1 is 1.33 bits per heavy atom. The minimum absolute atomic E-state index is 0. The zero-order valence-electron chi connectivity index (χ0n) is 11.8. The number of benzene rings is 1. The Balaban J connectivity index is 0.00000220. The van der Waals surface area contributed by atoms with Crippen LogP contribution in [0.3, 0.4) is 0 Å². The van der Waals surface area contributed by atoms with E-state index in [-0.39, 0.29) is 24.1 Å². The topological polar surface area (TPSA) is 32.3 Å². The Morgan fingerprint density at radius 3 is 2.57 bits per heavy atom. The smallest absolute Gasteiger partial charge is 0.232 e. The number of rotatable bonds is 4. The van der Waals surface area contributed by atoms with E-state index in [1.165, 1.54) is 17.8 Å². The van der Waals surface area contributed by atoms with Crippen LogP contribution in [0.1, 0.15) is 12.8 Å². The van der Waals surface area contributed by atoms with E-state index in [0.717, 1.165) is 38.1 Å². The molecule has 1 aromatic carbocycles. The lowest BCUT2D eigenvalue weighted by Crippen LogP contribution is -2.44. The van der Waals surface area contributed by atoms with Gasteiger partial charge in [0.05, 0.1) is 5.75 Å². The fraction of sp³-hybridized carbons (Fsp3) is 0.500. The standard InChI is InChI=1S/C14H18F2N2OS.ClH/c1-17-10-4-6-18(7-5-10)14(19)9-20-11-2-3-12(15)13(16)8-11;/h2-3,8,10,17H,4-7,9H2,1H3;1H. The maximum absolute atomic E-state index is 13.0. The highest BCUT2D eigenvalue weighted by Crippen LogP contribution is 2.21. The third-order valence-electron chi connectivity index (χ3n) is 3.51. The third kappa shape index (κ3) is 5.13. The Morgan fingerprint density at radius 2 is 2.00 bits per heavy atom. The number of carbonyl (C=O) groups excluding carboxylic acids is 1. The van der Waals surface area contributed by atoms with E-state index >= 15 is 0 Å². The molecule has 0 saturated carbocycles. The molecule has 1 fully saturated rings. The van der Waals surface area contributed by atoms with Crippen molar-refractivity contribution in [2.45, 2.75) is 23.8 Å². The molecule has 0 bridgehead atoms. The average Bonchev–Trinajstić information content (AvgIpc) is 2.48. The number of hydrogen-bond donors (Lipinski definition) is 1. The van der Waals surface area contributed by atoms with Crippen LogP contribution in [0.15, 0.2) is 23.1 Å². The summed E-state index contributed by atoms with van der Waals surface area (Å²) in [6.45, 7) is 1.51. The highest BCUT2D eigenvalue weighted by Gasteiger charge is 2.21. The summed E-state index contributed by atoms with van der Waals surface area (Å²) in [4.78, 5) is 14.4. The monoisotopic (exact) mass is 336 g/mol. The van der Waals surface area contributed by atoms with Crippen LogP contribution < -0.4 is 5.32 Å². The van der Waals surface area contributed by atoms with Gasteiger partial charge in [0.2, 0.25) is 5.91 Å². The van der Waals surface area contributed by atoms with Gasteiger partial charge in [0.1, 0.15) is 0 Å². The molecule has 1 saturated heterocycles. The van der Waals surface area contributed by atoms with Gasteiger partial charge in [0.25, 0.3) is 0 Å². The Labute approximate surface area is 133 Å². The molecule has 1 aromatic rings. The number of thioether (sulfide) groups is 1. The van der Waals surface area contributed by atoms with Crippen molar-refractivity contribution < 1.29 is 13.6 Å². The summed E-state index contributed by atoms with van der Waals surface area (Å²) < 4.78 is 25.8. The van der Waals surface area contributed by atoms with Crippen molar-refractivity contribution in [3.63, 3.8) is 0 Å². The van der Waals surface area contributed by atoms with Crippen LogP contribution in [-0.2, 0) is 4.79 Å². The molecule has 0 spiro atoms. The van der Waals surface area contributed by atoms with Gasteiger partial charge in [-0.3, -0.25) is 4.79 Å². The summed E-state index contributed by atoms with van der Waals surface area (Å²) in [6, 6.07) is 4.18. The number of halogens is 3. The summed E-state index contributed by atoms with van der Waals surface area (Å²) in [5.74, 6) is -1.43. The minimum Gasteiger partial charge on any atom is -0.342 e. The molecule has 1 amide bonds. The lowest BCUT2D eigenvalue weighted by Gasteiger charge is -2.31. The fourth-order valence-electron chi connectivity index (χ4n) is 2.22. The van der Waals surface area contributed by atoms with Crippen LogP contribution in [0.2, 0.25) is 0 Å². The van der Waals surface area contributed by atoms with Gasteiger partial charge in [0, 0.05) is 24.0 Å². The summed E-state index contributed by atoms with van der Waals surface area (Å²) in [5.41, 5.74) is 0. The van der Waals surface area contributed by atoms with Gasteiger partial charge in [-0.1, -0.05) is 0 Å². The molecule has 0 radical (unpaired) electrons. The lowest BCUT2D eigenvalue weighted by molar-refractivity contribution is -0.129. The van der Waals surface area contributed by atoms with Crippen LogP contribution in [0.5, 0.6) is 0 Å². The number of hydrogen-bond acceptors (Lipinski definition) is 3. The molecule has 3 nitrogen and oxygen atoms in total. The van der Waals surface area contributed by atoms with E-state index in [0.29, 0.717) is 10.9 Å². The zero-order valence-corrected chi connectivity index (χ0v) is 13.4. The Kier molecular flexibility index (Phi) is 7.42. The Hall–Kier alpha value is -0.850. The van der Waals surface area contributed by atoms with Gasteiger partial charge in [-0.15, -0.1) is 24.2 Å². The summed E-state index contributed by atoms with van der Waals surface area (Å²) in [5, 5.41) is 3.21. The first-order chi connectivity index (χ1) is 9.60. The SMILES string of the molecule is CNC1CCN(C(=O)CSc2ccc(F)c(F)c2)CC1.Cl. The zero-order chi connectivity index (χ0) is 14.5. The summed E-state index contributed by atoms with van der Waals surface area (Å²) in [7, 11) is 1.93. The molecular weight excluding hydrogens is 318 g/mol. The highest BCUT2D eigenvalue weighted by molar-refractivity contribution is 8.00. The number of likely N-dealkylation sites (tertiary alicyclic amines) is 1.